The van der Waals surface area contributed by atoms with Gasteiger partial charge >= 0.3 is 5.82 Å². The van der Waals surface area contributed by atoms with Crippen LogP contribution in [-0.4, -0.2) is 18.3 Å². The molecule has 0 aliphatic rings. The molecule has 10 heteroatoms. The van der Waals surface area contributed by atoms with Gasteiger partial charge in [-0.3, -0.25) is 0 Å². The maximum atomic E-state index is 12.6. The second-order valence-corrected chi connectivity index (χ2v) is 5.51. The van der Waals surface area contributed by atoms with E-state index in [0.29, 0.717) is 6.20 Å². The molecule has 0 fully saturated rings. The maximum Gasteiger partial charge on any atom is 0.372 e. The summed E-state index contributed by atoms with van der Waals surface area (Å²) in [6, 6.07) is 0. The number of hydrogen-bond donors (Lipinski definition) is 0. The molecule has 0 atom stereocenters. The molecule has 0 aliphatic carbocycles. The fraction of sp³-hybridized carbons (Fsp3) is 0.286. The molecule has 0 bridgehead atoms. The van der Waals surface area contributed by atoms with Crippen molar-refractivity contribution in [3.63, 3.8) is 0 Å². The Morgan fingerprint density at radius 3 is 2.41 bits per heavy atom. The molecule has 0 aliphatic heterocycles. The molecular weight excluding hydrogens is 282 g/mol. The molecule has 1 aromatic heterocycles. The molecule has 1 rings (SSSR count). The molecule has 0 aromatic carbocycles. The summed E-state index contributed by atoms with van der Waals surface area (Å²) in [5.41, 5.74) is -1.52. The number of nitro groups is 1. The van der Waals surface area contributed by atoms with Gasteiger partial charge in [-0.05, 0) is 22.4 Å². The number of rotatable bonds is 3. The highest BCUT2D eigenvalue weighted by atomic mass is 35.7. The zero-order chi connectivity index (χ0) is 13.4. The van der Waals surface area contributed by atoms with E-state index in [9.17, 15) is 27.3 Å². The summed E-state index contributed by atoms with van der Waals surface area (Å²) in [7, 11) is 0.712. The van der Waals surface area contributed by atoms with Gasteiger partial charge in [0.15, 0.2) is 6.20 Å². The van der Waals surface area contributed by atoms with E-state index in [-0.39, 0.29) is 0 Å². The first kappa shape index (κ1) is 13.7. The number of alkyl halides is 2. The van der Waals surface area contributed by atoms with Gasteiger partial charge in [0.25, 0.3) is 15.5 Å². The fourth-order valence-corrected chi connectivity index (χ4v) is 2.36. The van der Waals surface area contributed by atoms with Crippen LogP contribution in [0.15, 0.2) is 11.1 Å². The minimum Gasteiger partial charge on any atom is -0.358 e. The summed E-state index contributed by atoms with van der Waals surface area (Å²) in [6.45, 7) is 1.01. The van der Waals surface area contributed by atoms with Crippen molar-refractivity contribution in [2.75, 3.05) is 0 Å². The van der Waals surface area contributed by atoms with Crippen LogP contribution in [0.25, 0.3) is 0 Å². The van der Waals surface area contributed by atoms with E-state index in [4.69, 9.17) is 10.7 Å². The Morgan fingerprint density at radius 2 is 2.06 bits per heavy atom. The van der Waals surface area contributed by atoms with Crippen LogP contribution in [0.5, 0.6) is 0 Å². The van der Waals surface area contributed by atoms with Crippen LogP contribution in [0.2, 0.25) is 0 Å². The Morgan fingerprint density at radius 1 is 1.53 bits per heavy atom. The van der Waals surface area contributed by atoms with Crippen LogP contribution in [0.3, 0.4) is 0 Å². The lowest BCUT2D eigenvalue weighted by Gasteiger charge is -2.07. The molecule has 0 N–H and O–H groups in total. The molecule has 0 radical (unpaired) electrons. The standard InChI is InChI=1S/C7H5ClF2N2O4S/c1-3-4(17(8,15)16)2-11-7(12(13)14)5(3)6(9)10/h2,6H,1H3. The quantitative estimate of drug-likeness (QED) is 0.482. The molecular formula is C7H5ClF2N2O4S. The summed E-state index contributed by atoms with van der Waals surface area (Å²) in [4.78, 5) is 11.8. The third kappa shape index (κ3) is 2.67. The molecule has 1 aromatic rings. The van der Waals surface area contributed by atoms with Crippen LogP contribution in [0, 0.1) is 17.0 Å². The van der Waals surface area contributed by atoms with E-state index < -0.39 is 42.2 Å². The van der Waals surface area contributed by atoms with Crippen molar-refractivity contribution in [1.29, 1.82) is 0 Å². The number of aromatic nitrogens is 1. The van der Waals surface area contributed by atoms with Crippen LogP contribution in [-0.2, 0) is 9.05 Å². The fourth-order valence-electron chi connectivity index (χ4n) is 1.24. The lowest BCUT2D eigenvalue weighted by molar-refractivity contribution is -0.391. The molecule has 0 spiro atoms. The van der Waals surface area contributed by atoms with Gasteiger partial charge in [0.05, 0.1) is 0 Å². The van der Waals surface area contributed by atoms with Crippen LogP contribution < -0.4 is 0 Å². The first-order chi connectivity index (χ1) is 7.66. The van der Waals surface area contributed by atoms with Gasteiger partial charge in [0.2, 0.25) is 0 Å². The lowest BCUT2D eigenvalue weighted by Crippen LogP contribution is -2.06. The molecule has 0 saturated carbocycles. The Bertz CT molecular complexity index is 575. The van der Waals surface area contributed by atoms with Gasteiger partial charge in [0.1, 0.15) is 10.5 Å². The van der Waals surface area contributed by atoms with Gasteiger partial charge in [-0.2, -0.15) is 0 Å². The van der Waals surface area contributed by atoms with Crippen molar-refractivity contribution in [3.05, 3.63) is 27.4 Å². The summed E-state index contributed by atoms with van der Waals surface area (Å²) in [5, 5.41) is 10.5. The van der Waals surface area contributed by atoms with E-state index in [1.54, 1.807) is 0 Å². The SMILES string of the molecule is Cc1c(S(=O)(=O)Cl)cnc([N+](=O)[O-])c1C(F)F. The van der Waals surface area contributed by atoms with E-state index in [1.807, 2.05) is 0 Å². The molecule has 17 heavy (non-hydrogen) atoms. The molecule has 0 amide bonds. The molecule has 0 saturated heterocycles. The normalized spacial score (nSPS) is 11.8. The van der Waals surface area contributed by atoms with Crippen molar-refractivity contribution in [1.82, 2.24) is 4.98 Å². The molecule has 6 nitrogen and oxygen atoms in total. The summed E-state index contributed by atoms with van der Waals surface area (Å²) >= 11 is 0. The monoisotopic (exact) mass is 286 g/mol. The first-order valence-corrected chi connectivity index (χ1v) is 6.34. The smallest absolute Gasteiger partial charge is 0.358 e. The Kier molecular flexibility index (Phi) is 3.62. The zero-order valence-electron chi connectivity index (χ0n) is 8.22. The lowest BCUT2D eigenvalue weighted by atomic mass is 10.1. The highest BCUT2D eigenvalue weighted by molar-refractivity contribution is 8.13. The van der Waals surface area contributed by atoms with Crippen molar-refractivity contribution in [2.24, 2.45) is 0 Å². The molecule has 0 unspecified atom stereocenters. The number of nitrogens with zero attached hydrogens (tertiary/aromatic N) is 2. The highest BCUT2D eigenvalue weighted by Crippen LogP contribution is 2.34. The Labute approximate surface area is 98.8 Å². The predicted molar refractivity (Wildman–Crippen MR) is 53.6 cm³/mol. The minimum atomic E-state index is -4.28. The van der Waals surface area contributed by atoms with E-state index in [1.165, 1.54) is 0 Å². The number of halogens is 3. The van der Waals surface area contributed by atoms with E-state index in [0.717, 1.165) is 6.92 Å². The molecule has 94 valence electrons. The summed E-state index contributed by atoms with van der Waals surface area (Å²) in [5.74, 6) is -1.08. The van der Waals surface area contributed by atoms with Gasteiger partial charge in [-0.1, -0.05) is 0 Å². The Balaban J connectivity index is 3.67. The zero-order valence-corrected chi connectivity index (χ0v) is 9.80. The van der Waals surface area contributed by atoms with Crippen LogP contribution >= 0.6 is 10.7 Å². The first-order valence-electron chi connectivity index (χ1n) is 4.03. The Hall–Kier alpha value is -1.35. The average Bonchev–Trinajstić information content (AvgIpc) is 2.13. The largest absolute Gasteiger partial charge is 0.372 e. The number of pyridine rings is 1. The number of hydrogen-bond acceptors (Lipinski definition) is 5. The van der Waals surface area contributed by atoms with Crippen molar-refractivity contribution < 1.29 is 22.1 Å². The van der Waals surface area contributed by atoms with Crippen LogP contribution in [0.4, 0.5) is 14.6 Å². The van der Waals surface area contributed by atoms with Gasteiger partial charge in [-0.25, -0.2) is 17.2 Å². The van der Waals surface area contributed by atoms with E-state index >= 15 is 0 Å². The molecule has 1 heterocycles. The highest BCUT2D eigenvalue weighted by Gasteiger charge is 2.30. The average molecular weight is 287 g/mol. The van der Waals surface area contributed by atoms with E-state index in [2.05, 4.69) is 4.98 Å². The summed E-state index contributed by atoms with van der Waals surface area (Å²) < 4.78 is 47.3. The third-order valence-electron chi connectivity index (χ3n) is 1.97. The van der Waals surface area contributed by atoms with Gasteiger partial charge in [0, 0.05) is 10.7 Å². The van der Waals surface area contributed by atoms with Crippen molar-refractivity contribution >= 4 is 25.6 Å². The predicted octanol–water partition coefficient (Wildman–Crippen LogP) is 2.16. The second kappa shape index (κ2) is 4.49. The second-order valence-electron chi connectivity index (χ2n) is 2.98. The van der Waals surface area contributed by atoms with Crippen molar-refractivity contribution in [3.8, 4) is 0 Å². The van der Waals surface area contributed by atoms with Crippen molar-refractivity contribution in [2.45, 2.75) is 18.2 Å². The van der Waals surface area contributed by atoms with Gasteiger partial charge < -0.3 is 10.1 Å². The topological polar surface area (TPSA) is 90.2 Å². The maximum absolute atomic E-state index is 12.6. The van der Waals surface area contributed by atoms with Gasteiger partial charge in [-0.15, -0.1) is 0 Å². The van der Waals surface area contributed by atoms with Crippen LogP contribution in [0.1, 0.15) is 17.6 Å². The summed E-state index contributed by atoms with van der Waals surface area (Å²) in [6.07, 6.45) is -2.64. The minimum absolute atomic E-state index is 0.475. The third-order valence-corrected chi connectivity index (χ3v) is 3.41.